The molecule has 0 unspecified atom stereocenters. The zero-order chi connectivity index (χ0) is 15.3. The molecule has 1 rings (SSSR count). The highest BCUT2D eigenvalue weighted by Gasteiger charge is 2.20. The molecule has 0 aliphatic rings. The van der Waals surface area contributed by atoms with Crippen molar-refractivity contribution >= 4 is 17.3 Å². The van der Waals surface area contributed by atoms with Gasteiger partial charge in [0.2, 0.25) is 5.82 Å². The second-order valence-electron chi connectivity index (χ2n) is 3.81. The third kappa shape index (κ3) is 3.40. The van der Waals surface area contributed by atoms with E-state index in [0.717, 1.165) is 19.3 Å². The summed E-state index contributed by atoms with van der Waals surface area (Å²) in [6, 6.07) is 2.03. The number of allylic oxidation sites excluding steroid dienone is 1. The second-order valence-corrected chi connectivity index (χ2v) is 3.81. The Morgan fingerprint density at radius 1 is 1.30 bits per heavy atom. The summed E-state index contributed by atoms with van der Waals surface area (Å²) in [6.45, 7) is 2.94. The first-order valence-corrected chi connectivity index (χ1v) is 5.84. The summed E-state index contributed by atoms with van der Waals surface area (Å²) in [6.07, 6.45) is 0.932. The minimum atomic E-state index is -1.22. The van der Waals surface area contributed by atoms with E-state index in [1.807, 2.05) is 0 Å². The van der Waals surface area contributed by atoms with Crippen molar-refractivity contribution in [3.63, 3.8) is 0 Å². The maximum Gasteiger partial charge on any atom is 0.331 e. The van der Waals surface area contributed by atoms with Gasteiger partial charge in [-0.25, -0.2) is 9.18 Å². The van der Waals surface area contributed by atoms with E-state index < -0.39 is 29.1 Å². The molecule has 0 aromatic heterocycles. The van der Waals surface area contributed by atoms with Gasteiger partial charge in [-0.1, -0.05) is 0 Å². The molecule has 0 N–H and O–H groups in total. The van der Waals surface area contributed by atoms with Gasteiger partial charge < -0.3 is 9.47 Å². The molecule has 0 aliphatic carbocycles. The molecule has 0 heterocycles. The van der Waals surface area contributed by atoms with Gasteiger partial charge in [0.1, 0.15) is 0 Å². The number of carbonyl (C=O) groups excluding carboxylic acids is 2. The normalized spacial score (nSPS) is 11.2. The summed E-state index contributed by atoms with van der Waals surface area (Å²) in [4.78, 5) is 23.0. The fraction of sp³-hybridized carbons (Fsp3) is 0.286. The van der Waals surface area contributed by atoms with Gasteiger partial charge in [0.15, 0.2) is 17.3 Å². The number of ketones is 1. The van der Waals surface area contributed by atoms with Crippen molar-refractivity contribution in [2.45, 2.75) is 13.8 Å². The van der Waals surface area contributed by atoms with E-state index in [2.05, 4.69) is 0 Å². The minimum Gasteiger partial charge on any atom is -0.493 e. The van der Waals surface area contributed by atoms with Crippen molar-refractivity contribution in [3.05, 3.63) is 35.4 Å². The molecule has 4 nitrogen and oxygen atoms in total. The molecule has 0 saturated carbocycles. The van der Waals surface area contributed by atoms with Crippen molar-refractivity contribution in [1.29, 1.82) is 0 Å². The maximum atomic E-state index is 13.6. The first-order valence-electron chi connectivity index (χ1n) is 5.84. The number of rotatable bonds is 5. The van der Waals surface area contributed by atoms with Crippen LogP contribution in [-0.4, -0.2) is 25.5 Å². The average Bonchev–Trinajstić information content (AvgIpc) is 2.39. The summed E-state index contributed by atoms with van der Waals surface area (Å²) < 4.78 is 36.2. The number of benzene rings is 1. The number of methoxy groups -OCH3 is 1. The van der Waals surface area contributed by atoms with Crippen LogP contribution in [0, 0.1) is 11.6 Å². The van der Waals surface area contributed by atoms with Crippen LogP contribution < -0.4 is 4.74 Å². The lowest BCUT2D eigenvalue weighted by Gasteiger charge is -2.11. The van der Waals surface area contributed by atoms with Crippen molar-refractivity contribution in [3.8, 4) is 5.75 Å². The van der Waals surface area contributed by atoms with Crippen LogP contribution in [-0.2, 0) is 14.3 Å². The molecule has 0 spiro atoms. The SMILES string of the molecule is CCOC(=O)C=C(C(C)=O)c1ccc(F)c(F)c1OC. The summed E-state index contributed by atoms with van der Waals surface area (Å²) in [7, 11) is 1.14. The largest absolute Gasteiger partial charge is 0.493 e. The van der Waals surface area contributed by atoms with Crippen LogP contribution in [0.15, 0.2) is 18.2 Å². The molecule has 0 aliphatic heterocycles. The van der Waals surface area contributed by atoms with Gasteiger partial charge in [-0.15, -0.1) is 0 Å². The third-order valence-electron chi connectivity index (χ3n) is 2.47. The smallest absolute Gasteiger partial charge is 0.331 e. The fourth-order valence-electron chi connectivity index (χ4n) is 1.61. The molecule has 108 valence electrons. The fourth-order valence-corrected chi connectivity index (χ4v) is 1.61. The molecule has 0 radical (unpaired) electrons. The molecule has 6 heteroatoms. The predicted octanol–water partition coefficient (Wildman–Crippen LogP) is 2.51. The van der Waals surface area contributed by atoms with Gasteiger partial charge in [0.25, 0.3) is 0 Å². The van der Waals surface area contributed by atoms with Gasteiger partial charge in [0, 0.05) is 17.2 Å². The Bertz CT molecular complexity index is 565. The lowest BCUT2D eigenvalue weighted by molar-refractivity contribution is -0.137. The number of halogens is 2. The van der Waals surface area contributed by atoms with Crippen LogP contribution in [0.4, 0.5) is 8.78 Å². The minimum absolute atomic E-state index is 0.00745. The first-order chi connectivity index (χ1) is 9.42. The maximum absolute atomic E-state index is 13.6. The molecule has 20 heavy (non-hydrogen) atoms. The van der Waals surface area contributed by atoms with Crippen LogP contribution in [0.5, 0.6) is 5.75 Å². The van der Waals surface area contributed by atoms with Crippen LogP contribution in [0.2, 0.25) is 0 Å². The van der Waals surface area contributed by atoms with E-state index in [1.54, 1.807) is 6.92 Å². The Balaban J connectivity index is 3.40. The van der Waals surface area contributed by atoms with Gasteiger partial charge in [-0.2, -0.15) is 4.39 Å². The summed E-state index contributed by atoms with van der Waals surface area (Å²) in [5.74, 6) is -4.01. The Labute approximate surface area is 115 Å². The van der Waals surface area contributed by atoms with Crippen LogP contribution in [0.25, 0.3) is 5.57 Å². The Hall–Kier alpha value is -2.24. The summed E-state index contributed by atoms with van der Waals surface area (Å²) >= 11 is 0. The number of ether oxygens (including phenoxy) is 2. The molecule has 0 amide bonds. The van der Waals surface area contributed by atoms with Crippen LogP contribution >= 0.6 is 0 Å². The highest BCUT2D eigenvalue weighted by atomic mass is 19.2. The number of hydrogen-bond acceptors (Lipinski definition) is 4. The van der Waals surface area contributed by atoms with Crippen molar-refractivity contribution < 1.29 is 27.8 Å². The molecule has 0 atom stereocenters. The average molecular weight is 284 g/mol. The van der Waals surface area contributed by atoms with E-state index in [1.165, 1.54) is 13.0 Å². The summed E-state index contributed by atoms with van der Waals surface area (Å²) in [5, 5.41) is 0. The molecular weight excluding hydrogens is 270 g/mol. The van der Waals surface area contributed by atoms with Crippen LogP contribution in [0.3, 0.4) is 0 Å². The zero-order valence-electron chi connectivity index (χ0n) is 11.3. The Kier molecular flexibility index (Phi) is 5.37. The van der Waals surface area contributed by atoms with E-state index >= 15 is 0 Å². The Morgan fingerprint density at radius 3 is 2.45 bits per heavy atom. The molecular formula is C14H14F2O4. The number of esters is 1. The lowest BCUT2D eigenvalue weighted by atomic mass is 10.0. The molecule has 1 aromatic carbocycles. The third-order valence-corrected chi connectivity index (χ3v) is 2.47. The number of Topliss-reactive ketones (excluding diaryl/α,β-unsaturated/α-hetero) is 1. The van der Waals surface area contributed by atoms with Gasteiger partial charge in [-0.3, -0.25) is 4.79 Å². The van der Waals surface area contributed by atoms with Crippen LogP contribution in [0.1, 0.15) is 19.4 Å². The quantitative estimate of drug-likeness (QED) is 0.616. The lowest BCUT2D eigenvalue weighted by Crippen LogP contribution is -2.07. The van der Waals surface area contributed by atoms with E-state index in [4.69, 9.17) is 9.47 Å². The van der Waals surface area contributed by atoms with E-state index in [0.29, 0.717) is 0 Å². The summed E-state index contributed by atoms with van der Waals surface area (Å²) in [5.41, 5.74) is -0.119. The van der Waals surface area contributed by atoms with E-state index in [-0.39, 0.29) is 17.7 Å². The van der Waals surface area contributed by atoms with E-state index in [9.17, 15) is 18.4 Å². The van der Waals surface area contributed by atoms with Gasteiger partial charge in [0.05, 0.1) is 13.7 Å². The Morgan fingerprint density at radius 2 is 1.95 bits per heavy atom. The van der Waals surface area contributed by atoms with Crippen molar-refractivity contribution in [2.24, 2.45) is 0 Å². The monoisotopic (exact) mass is 284 g/mol. The molecule has 0 bridgehead atoms. The van der Waals surface area contributed by atoms with Crippen molar-refractivity contribution in [2.75, 3.05) is 13.7 Å². The standard InChI is InChI=1S/C14H14F2O4/c1-4-20-12(18)7-10(8(2)17)9-5-6-11(15)13(16)14(9)19-3/h5-7H,4H2,1-3H3. The van der Waals surface area contributed by atoms with Gasteiger partial charge in [-0.05, 0) is 26.0 Å². The predicted molar refractivity (Wildman–Crippen MR) is 68.2 cm³/mol. The van der Waals surface area contributed by atoms with Crippen molar-refractivity contribution in [1.82, 2.24) is 0 Å². The first kappa shape index (κ1) is 15.8. The number of hydrogen-bond donors (Lipinski definition) is 0. The second kappa shape index (κ2) is 6.79. The van der Waals surface area contributed by atoms with Gasteiger partial charge >= 0.3 is 5.97 Å². The molecule has 0 fully saturated rings. The molecule has 1 aromatic rings. The zero-order valence-corrected chi connectivity index (χ0v) is 11.3. The topological polar surface area (TPSA) is 52.6 Å². The highest BCUT2D eigenvalue weighted by Crippen LogP contribution is 2.31. The molecule has 0 saturated heterocycles. The number of carbonyl (C=O) groups is 2. The highest BCUT2D eigenvalue weighted by molar-refractivity contribution is 6.23.